The molecule has 9 heteroatoms. The van der Waals surface area contributed by atoms with Crippen molar-refractivity contribution in [2.45, 2.75) is 48.7 Å². The summed E-state index contributed by atoms with van der Waals surface area (Å²) in [6.45, 7) is 1.88. The number of nitrogens with zero attached hydrogens (tertiary/aromatic N) is 3. The predicted octanol–water partition coefficient (Wildman–Crippen LogP) is 4.17. The quantitative estimate of drug-likeness (QED) is 0.438. The Balaban J connectivity index is 1.31. The number of sulfonamides is 1. The minimum Gasteiger partial charge on any atom is -0.341 e. The molecule has 1 unspecified atom stereocenters. The number of rotatable bonds is 7. The van der Waals surface area contributed by atoms with Crippen LogP contribution in [0.4, 0.5) is 0 Å². The molecule has 1 aromatic carbocycles. The zero-order chi connectivity index (χ0) is 21.7. The van der Waals surface area contributed by atoms with Gasteiger partial charge in [0.1, 0.15) is 0 Å². The second-order valence-corrected chi connectivity index (χ2v) is 12.8. The maximum absolute atomic E-state index is 13.2. The Morgan fingerprint density at radius 1 is 1.10 bits per heavy atom. The molecule has 0 spiro atoms. The third-order valence-electron chi connectivity index (χ3n) is 5.95. The van der Waals surface area contributed by atoms with Crippen LogP contribution in [0.2, 0.25) is 0 Å². The fraction of sp³-hybridized carbons (Fsp3) is 0.545. The van der Waals surface area contributed by atoms with Gasteiger partial charge in [0.2, 0.25) is 15.9 Å². The summed E-state index contributed by atoms with van der Waals surface area (Å²) in [5, 5.41) is 2.53. The van der Waals surface area contributed by atoms with E-state index in [1.54, 1.807) is 30.6 Å². The molecule has 2 fully saturated rings. The molecule has 4 rings (SSSR count). The lowest BCUT2D eigenvalue weighted by Gasteiger charge is -2.22. The number of pyridine rings is 1. The van der Waals surface area contributed by atoms with Gasteiger partial charge in [-0.15, -0.1) is 0 Å². The van der Waals surface area contributed by atoms with Gasteiger partial charge in [-0.3, -0.25) is 9.78 Å². The van der Waals surface area contributed by atoms with E-state index in [9.17, 15) is 13.2 Å². The molecule has 6 nitrogen and oxygen atoms in total. The van der Waals surface area contributed by atoms with Gasteiger partial charge < -0.3 is 4.90 Å². The normalized spacial score (nSPS) is 20.8. The second kappa shape index (κ2) is 10.6. The molecule has 0 bridgehead atoms. The molecule has 0 radical (unpaired) electrons. The minimum atomic E-state index is -3.59. The van der Waals surface area contributed by atoms with E-state index in [1.165, 1.54) is 22.9 Å². The van der Waals surface area contributed by atoms with Gasteiger partial charge >= 0.3 is 0 Å². The molecular weight excluding hydrogens is 450 g/mol. The van der Waals surface area contributed by atoms with Crippen LogP contribution >= 0.6 is 21.6 Å². The molecule has 2 aromatic rings. The van der Waals surface area contributed by atoms with Crippen LogP contribution in [0.5, 0.6) is 0 Å². The van der Waals surface area contributed by atoms with Crippen molar-refractivity contribution in [3.05, 3.63) is 36.7 Å². The molecule has 2 aliphatic heterocycles. The lowest BCUT2D eigenvalue weighted by atomic mass is 10.1. The van der Waals surface area contributed by atoms with Gasteiger partial charge in [0.05, 0.1) is 4.90 Å². The number of fused-ring (bicyclic) bond motifs is 1. The monoisotopic (exact) mass is 479 g/mol. The van der Waals surface area contributed by atoms with Crippen molar-refractivity contribution in [2.24, 2.45) is 0 Å². The van der Waals surface area contributed by atoms with E-state index in [1.807, 2.05) is 32.6 Å². The van der Waals surface area contributed by atoms with Crippen molar-refractivity contribution in [2.75, 3.05) is 31.9 Å². The van der Waals surface area contributed by atoms with E-state index in [0.29, 0.717) is 43.9 Å². The first-order valence-electron chi connectivity index (χ1n) is 10.9. The number of aromatic nitrogens is 1. The molecule has 168 valence electrons. The highest BCUT2D eigenvalue weighted by molar-refractivity contribution is 8.77. The molecule has 31 heavy (non-hydrogen) atoms. The summed E-state index contributed by atoms with van der Waals surface area (Å²) in [6, 6.07) is 6.97. The Morgan fingerprint density at radius 3 is 2.84 bits per heavy atom. The van der Waals surface area contributed by atoms with Crippen LogP contribution in [0, 0.1) is 0 Å². The van der Waals surface area contributed by atoms with Crippen molar-refractivity contribution in [3.63, 3.8) is 0 Å². The Bertz CT molecular complexity index is 1010. The first kappa shape index (κ1) is 22.9. The van der Waals surface area contributed by atoms with Crippen LogP contribution in [0.3, 0.4) is 0 Å². The first-order valence-corrected chi connectivity index (χ1v) is 14.8. The van der Waals surface area contributed by atoms with Crippen LogP contribution < -0.4 is 0 Å². The summed E-state index contributed by atoms with van der Waals surface area (Å²) in [5.74, 6) is 1.41. The van der Waals surface area contributed by atoms with Gasteiger partial charge in [-0.1, -0.05) is 34.1 Å². The van der Waals surface area contributed by atoms with Gasteiger partial charge in [-0.25, -0.2) is 8.42 Å². The molecule has 1 amide bonds. The fourth-order valence-electron chi connectivity index (χ4n) is 4.13. The number of amides is 1. The molecule has 3 heterocycles. The Morgan fingerprint density at radius 2 is 2.00 bits per heavy atom. The highest BCUT2D eigenvalue weighted by Gasteiger charge is 2.28. The maximum Gasteiger partial charge on any atom is 0.243 e. The van der Waals surface area contributed by atoms with E-state index in [-0.39, 0.29) is 5.91 Å². The number of benzene rings is 1. The summed E-state index contributed by atoms with van der Waals surface area (Å²) in [6.07, 6.45) is 9.12. The van der Waals surface area contributed by atoms with Crippen molar-refractivity contribution in [1.82, 2.24) is 14.2 Å². The first-order chi connectivity index (χ1) is 15.0. The summed E-state index contributed by atoms with van der Waals surface area (Å²) in [4.78, 5) is 18.9. The van der Waals surface area contributed by atoms with Crippen molar-refractivity contribution in [3.8, 4) is 0 Å². The van der Waals surface area contributed by atoms with Gasteiger partial charge in [0, 0.05) is 61.4 Å². The smallest absolute Gasteiger partial charge is 0.243 e. The molecule has 1 atom stereocenters. The zero-order valence-corrected chi connectivity index (χ0v) is 20.1. The topological polar surface area (TPSA) is 70.6 Å². The average Bonchev–Trinajstić information content (AvgIpc) is 3.17. The molecule has 2 saturated heterocycles. The second-order valence-electron chi connectivity index (χ2n) is 8.10. The third-order valence-corrected chi connectivity index (χ3v) is 10.9. The lowest BCUT2D eigenvalue weighted by molar-refractivity contribution is -0.131. The summed E-state index contributed by atoms with van der Waals surface area (Å²) < 4.78 is 27.9. The molecule has 2 aliphatic rings. The Hall–Kier alpha value is -1.29. The van der Waals surface area contributed by atoms with Crippen molar-refractivity contribution < 1.29 is 13.2 Å². The number of hydrogen-bond donors (Lipinski definition) is 0. The number of hydrogen-bond acceptors (Lipinski definition) is 6. The largest absolute Gasteiger partial charge is 0.341 e. The number of carbonyl (C=O) groups is 1. The van der Waals surface area contributed by atoms with E-state index in [0.717, 1.165) is 28.9 Å². The minimum absolute atomic E-state index is 0.158. The van der Waals surface area contributed by atoms with Gasteiger partial charge in [-0.05, 0) is 49.3 Å². The standard InChI is InChI=1S/C22H29N3O3S3/c26-22(5-2-1-4-20-9-15-29-30-20)24-11-3-12-25(14-13-24)31(27,28)21-7-6-19-17-23-10-8-18(19)16-21/h6-8,10,16-17,20H,1-5,9,11-15H2. The van der Waals surface area contributed by atoms with Crippen LogP contribution in [0.1, 0.15) is 38.5 Å². The summed E-state index contributed by atoms with van der Waals surface area (Å²) in [7, 11) is 0.361. The van der Waals surface area contributed by atoms with E-state index >= 15 is 0 Å². The predicted molar refractivity (Wildman–Crippen MR) is 129 cm³/mol. The third kappa shape index (κ3) is 5.74. The highest BCUT2D eigenvalue weighted by atomic mass is 33.1. The van der Waals surface area contributed by atoms with Gasteiger partial charge in [-0.2, -0.15) is 4.31 Å². The van der Waals surface area contributed by atoms with Crippen LogP contribution in [0.15, 0.2) is 41.6 Å². The average molecular weight is 480 g/mol. The summed E-state index contributed by atoms with van der Waals surface area (Å²) in [5.41, 5.74) is 0. The van der Waals surface area contributed by atoms with Crippen LogP contribution in [0.25, 0.3) is 10.8 Å². The SMILES string of the molecule is O=C(CCCCC1CCSS1)N1CCCN(S(=O)(=O)c2ccc3cnccc3c2)CC1. The molecule has 0 aliphatic carbocycles. The zero-order valence-electron chi connectivity index (χ0n) is 17.6. The Kier molecular flexibility index (Phi) is 7.79. The fourth-order valence-corrected chi connectivity index (χ4v) is 8.66. The Labute approximate surface area is 192 Å². The number of unbranched alkanes of at least 4 members (excludes halogenated alkanes) is 1. The van der Waals surface area contributed by atoms with Crippen LogP contribution in [-0.4, -0.2) is 65.7 Å². The maximum atomic E-state index is 13.2. The van der Waals surface area contributed by atoms with Crippen molar-refractivity contribution in [1.29, 1.82) is 0 Å². The van der Waals surface area contributed by atoms with Crippen LogP contribution in [-0.2, 0) is 14.8 Å². The molecule has 1 aromatic heterocycles. The molecular formula is C22H29N3O3S3. The van der Waals surface area contributed by atoms with Gasteiger partial charge in [0.25, 0.3) is 0 Å². The molecule has 0 N–H and O–H groups in total. The highest BCUT2D eigenvalue weighted by Crippen LogP contribution is 2.39. The van der Waals surface area contributed by atoms with Crippen molar-refractivity contribution >= 4 is 48.3 Å². The van der Waals surface area contributed by atoms with E-state index < -0.39 is 10.0 Å². The van der Waals surface area contributed by atoms with E-state index in [4.69, 9.17) is 0 Å². The summed E-state index contributed by atoms with van der Waals surface area (Å²) >= 11 is 0. The number of carbonyl (C=O) groups excluding carboxylic acids is 1. The molecule has 0 saturated carbocycles. The van der Waals surface area contributed by atoms with E-state index in [2.05, 4.69) is 4.98 Å². The van der Waals surface area contributed by atoms with Gasteiger partial charge in [0.15, 0.2) is 0 Å². The lowest BCUT2D eigenvalue weighted by Crippen LogP contribution is -2.37.